The molecule has 2 heteroatoms. The molecule has 2 aliphatic rings. The number of hydrogen-bond donors (Lipinski definition) is 0. The van der Waals surface area contributed by atoms with Crippen LogP contribution in [0.2, 0.25) is 0 Å². The number of hydrogen-bond acceptors (Lipinski definition) is 1. The van der Waals surface area contributed by atoms with Crippen LogP contribution in [0, 0.1) is 18.4 Å². The zero-order valence-corrected chi connectivity index (χ0v) is 19.5. The van der Waals surface area contributed by atoms with Crippen LogP contribution in [0.4, 0.5) is 0 Å². The number of fused-ring (bicyclic) bond motifs is 5. The van der Waals surface area contributed by atoms with Crippen molar-refractivity contribution in [2.24, 2.45) is 5.92 Å². The van der Waals surface area contributed by atoms with E-state index in [1.54, 1.807) is 0 Å². The molecule has 0 N–H and O–H groups in total. The molecule has 0 aliphatic heterocycles. The second-order valence-electron chi connectivity index (χ2n) is 7.44. The molecule has 1 radical (unpaired) electrons. The van der Waals surface area contributed by atoms with Gasteiger partial charge in [0.15, 0.2) is 0 Å². The summed E-state index contributed by atoms with van der Waals surface area (Å²) in [6.07, 6.45) is 11.2. The predicted molar refractivity (Wildman–Crippen MR) is 118 cm³/mol. The Labute approximate surface area is 200 Å². The second-order valence-corrected chi connectivity index (χ2v) is 8.36. The fourth-order valence-electron chi connectivity index (χ4n) is 5.07. The first-order valence-electron chi connectivity index (χ1n) is 9.67. The van der Waals surface area contributed by atoms with Gasteiger partial charge in [0, 0.05) is 48.4 Å². The third-order valence-corrected chi connectivity index (χ3v) is 7.11. The van der Waals surface area contributed by atoms with E-state index < -0.39 is 0 Å². The topological polar surface area (TPSA) is 0 Å². The maximum absolute atomic E-state index is 3.60. The van der Waals surface area contributed by atoms with Crippen LogP contribution in [0.15, 0.2) is 96.4 Å². The van der Waals surface area contributed by atoms with Gasteiger partial charge in [0.05, 0.1) is 0 Å². The average Bonchev–Trinajstić information content (AvgIpc) is 3.36. The fourth-order valence-corrected chi connectivity index (χ4v) is 6.03. The Balaban J connectivity index is 0.00000181. The van der Waals surface area contributed by atoms with Crippen LogP contribution in [0.3, 0.4) is 0 Å². The van der Waals surface area contributed by atoms with Gasteiger partial charge in [-0.15, -0.1) is 29.1 Å². The van der Waals surface area contributed by atoms with Gasteiger partial charge in [0.2, 0.25) is 0 Å². The van der Waals surface area contributed by atoms with Gasteiger partial charge >= 0.3 is 0 Å². The molecule has 0 saturated heterocycles. The van der Waals surface area contributed by atoms with E-state index in [0.717, 1.165) is 0 Å². The Bertz CT molecular complexity index is 1250. The van der Waals surface area contributed by atoms with Crippen LogP contribution in [-0.4, -0.2) is 0 Å². The Morgan fingerprint density at radius 1 is 0.897 bits per heavy atom. The van der Waals surface area contributed by atoms with Gasteiger partial charge in [-0.25, -0.2) is 18.6 Å². The molecule has 0 saturated carbocycles. The molecule has 29 heavy (non-hydrogen) atoms. The summed E-state index contributed by atoms with van der Waals surface area (Å²) >= 11 is 1.85. The van der Waals surface area contributed by atoms with Crippen molar-refractivity contribution < 1.29 is 32.7 Å². The van der Waals surface area contributed by atoms with E-state index in [4.69, 9.17) is 0 Å². The van der Waals surface area contributed by atoms with Crippen LogP contribution < -0.4 is 0 Å². The molecule has 1 heterocycles. The van der Waals surface area contributed by atoms with Crippen LogP contribution in [0.25, 0.3) is 21.2 Å². The van der Waals surface area contributed by atoms with E-state index in [1.807, 2.05) is 17.4 Å². The summed E-state index contributed by atoms with van der Waals surface area (Å²) < 4.78 is 1.39. The molecule has 0 spiro atoms. The maximum atomic E-state index is 3.60. The largest absolute Gasteiger partial charge is 0.228 e. The zero-order valence-electron chi connectivity index (χ0n) is 15.9. The zero-order chi connectivity index (χ0) is 18.6. The smallest absolute Gasteiger partial charge is 0.0424 e. The average molecular weight is 463 g/mol. The first kappa shape index (κ1) is 19.1. The SMILES string of the molecule is [Y].[c-]1ccccc1C1(C2C=CC=C[CH-]2)c2ccccc2-c2c1ccc1ccsc21. The number of rotatable bonds is 2. The normalized spacial score (nSPS) is 21.3. The van der Waals surface area contributed by atoms with E-state index in [9.17, 15) is 0 Å². The van der Waals surface area contributed by atoms with Crippen LogP contribution in [0.1, 0.15) is 16.7 Å². The summed E-state index contributed by atoms with van der Waals surface area (Å²) in [7, 11) is 0. The van der Waals surface area contributed by atoms with E-state index in [2.05, 4.69) is 103 Å². The Kier molecular flexibility index (Phi) is 4.86. The number of benzene rings is 3. The summed E-state index contributed by atoms with van der Waals surface area (Å²) in [5.74, 6) is 0.246. The van der Waals surface area contributed by atoms with Gasteiger partial charge in [-0.05, 0) is 33.5 Å². The number of allylic oxidation sites excluding steroid dienone is 4. The van der Waals surface area contributed by atoms with E-state index in [0.29, 0.717) is 0 Å². The third-order valence-electron chi connectivity index (χ3n) is 6.16. The molecule has 0 fully saturated rings. The van der Waals surface area contributed by atoms with Gasteiger partial charge in [-0.2, -0.15) is 30.3 Å². The molecule has 0 bridgehead atoms. The Hall–Kier alpha value is -1.93. The fraction of sp³-hybridized carbons (Fsp3) is 0.0741. The van der Waals surface area contributed by atoms with Gasteiger partial charge in [-0.3, -0.25) is 0 Å². The molecule has 6 rings (SSSR count). The third kappa shape index (κ3) is 2.61. The summed E-state index contributed by atoms with van der Waals surface area (Å²) in [6, 6.07) is 27.9. The molecule has 4 aromatic rings. The maximum Gasteiger partial charge on any atom is 0.0424 e. The van der Waals surface area contributed by atoms with Crippen molar-refractivity contribution in [3.05, 3.63) is 126 Å². The second kappa shape index (κ2) is 7.40. The molecule has 0 amide bonds. The molecule has 137 valence electrons. The monoisotopic (exact) mass is 463 g/mol. The van der Waals surface area contributed by atoms with E-state index in [1.165, 1.54) is 37.9 Å². The van der Waals surface area contributed by atoms with Crippen molar-refractivity contribution in [2.75, 3.05) is 0 Å². The first-order chi connectivity index (χ1) is 13.9. The van der Waals surface area contributed by atoms with Crippen molar-refractivity contribution in [3.63, 3.8) is 0 Å². The van der Waals surface area contributed by atoms with Gasteiger partial charge in [0.1, 0.15) is 0 Å². The molecule has 2 aliphatic carbocycles. The quantitative estimate of drug-likeness (QED) is 0.282. The van der Waals surface area contributed by atoms with E-state index >= 15 is 0 Å². The summed E-state index contributed by atoms with van der Waals surface area (Å²) in [5, 5.41) is 3.53. The summed E-state index contributed by atoms with van der Waals surface area (Å²) in [5.41, 5.74) is 6.52. The Morgan fingerprint density at radius 3 is 2.62 bits per heavy atom. The predicted octanol–water partition coefficient (Wildman–Crippen LogP) is 6.96. The molecule has 0 nitrogen and oxygen atoms in total. The van der Waals surface area contributed by atoms with Gasteiger partial charge in [0.25, 0.3) is 0 Å². The Morgan fingerprint density at radius 2 is 1.79 bits per heavy atom. The molecular formula is C27H18SY-2. The van der Waals surface area contributed by atoms with E-state index in [-0.39, 0.29) is 44.0 Å². The van der Waals surface area contributed by atoms with Gasteiger partial charge in [-0.1, -0.05) is 42.3 Å². The minimum absolute atomic E-state index is 0. The summed E-state index contributed by atoms with van der Waals surface area (Å²) in [6.45, 7) is 0. The number of thiophene rings is 1. The standard InChI is InChI=1S/C27H18S.Y/c1-3-9-20(10-4-1)27(21-11-5-2-6-12-21)23-14-8-7-13-22(23)25-24(27)16-15-19-17-18-28-26(19)25;/h1-11,13-18,20H;/q-2;. The molecule has 2 unspecified atom stereocenters. The van der Waals surface area contributed by atoms with Crippen molar-refractivity contribution >= 4 is 21.4 Å². The van der Waals surface area contributed by atoms with Crippen LogP contribution in [0.5, 0.6) is 0 Å². The van der Waals surface area contributed by atoms with Crippen molar-refractivity contribution in [2.45, 2.75) is 5.41 Å². The van der Waals surface area contributed by atoms with Crippen LogP contribution in [-0.2, 0) is 38.1 Å². The summed E-state index contributed by atoms with van der Waals surface area (Å²) in [4.78, 5) is 0. The first-order valence-corrected chi connectivity index (χ1v) is 10.5. The van der Waals surface area contributed by atoms with Crippen molar-refractivity contribution in [1.82, 2.24) is 0 Å². The van der Waals surface area contributed by atoms with Crippen LogP contribution >= 0.6 is 11.3 Å². The minimum Gasteiger partial charge on any atom is -0.228 e. The molecule has 2 atom stereocenters. The van der Waals surface area contributed by atoms with Gasteiger partial charge < -0.3 is 0 Å². The van der Waals surface area contributed by atoms with Crippen molar-refractivity contribution in [3.8, 4) is 11.1 Å². The van der Waals surface area contributed by atoms with Crippen molar-refractivity contribution in [1.29, 1.82) is 0 Å². The molecular weight excluding hydrogens is 445 g/mol. The molecule has 1 aromatic heterocycles. The minimum atomic E-state index is -0.257. The molecule has 3 aromatic carbocycles.